The van der Waals surface area contributed by atoms with Crippen LogP contribution in [0.5, 0.6) is 0 Å². The second-order valence-electron chi connectivity index (χ2n) is 6.49. The first-order chi connectivity index (χ1) is 12.4. The Morgan fingerprint density at radius 1 is 1.19 bits per heavy atom. The van der Waals surface area contributed by atoms with Crippen LogP contribution in [0.15, 0.2) is 41.8 Å². The lowest BCUT2D eigenvalue weighted by Crippen LogP contribution is -2.50. The zero-order valence-electron chi connectivity index (χ0n) is 14.3. The Hall–Kier alpha value is -1.86. The molecule has 3 rings (SSSR count). The molecule has 3 nitrogen and oxygen atoms in total. The molecule has 1 unspecified atom stereocenters. The summed E-state index contributed by atoms with van der Waals surface area (Å²) < 4.78 is 37.1. The molecule has 1 aromatic carbocycles. The van der Waals surface area contributed by atoms with E-state index >= 15 is 0 Å². The van der Waals surface area contributed by atoms with Crippen LogP contribution in [0.3, 0.4) is 0 Å². The van der Waals surface area contributed by atoms with E-state index in [1.54, 1.807) is 11.3 Å². The number of rotatable bonds is 5. The number of benzene rings is 1. The summed E-state index contributed by atoms with van der Waals surface area (Å²) in [6.07, 6.45) is -1.97. The summed E-state index contributed by atoms with van der Waals surface area (Å²) in [5.74, 6) is -0.530. The zero-order chi connectivity index (χ0) is 18.6. The van der Waals surface area contributed by atoms with Crippen LogP contribution < -0.4 is 5.32 Å². The van der Waals surface area contributed by atoms with E-state index in [-0.39, 0.29) is 0 Å². The number of likely N-dealkylation sites (tertiary alicyclic amines) is 1. The molecule has 2 aromatic rings. The lowest BCUT2D eigenvalue weighted by molar-refractivity contribution is -0.142. The van der Waals surface area contributed by atoms with Gasteiger partial charge in [-0.3, -0.25) is 9.69 Å². The van der Waals surface area contributed by atoms with E-state index in [0.717, 1.165) is 30.5 Å². The van der Waals surface area contributed by atoms with Gasteiger partial charge in [0, 0.05) is 11.4 Å². The van der Waals surface area contributed by atoms with Crippen LogP contribution in [0.1, 0.15) is 24.8 Å². The van der Waals surface area contributed by atoms with Gasteiger partial charge < -0.3 is 5.32 Å². The third-order valence-electron chi connectivity index (χ3n) is 4.52. The molecule has 0 aliphatic carbocycles. The summed E-state index contributed by atoms with van der Waals surface area (Å²) in [5.41, 5.74) is 2.20. The Bertz CT molecular complexity index is 713. The highest BCUT2D eigenvalue weighted by atomic mass is 32.1. The fourth-order valence-corrected chi connectivity index (χ4v) is 3.97. The Labute approximate surface area is 154 Å². The summed E-state index contributed by atoms with van der Waals surface area (Å²) in [6, 6.07) is 11.7. The van der Waals surface area contributed by atoms with Crippen LogP contribution in [0, 0.1) is 0 Å². The highest BCUT2D eigenvalue weighted by Crippen LogP contribution is 2.26. The van der Waals surface area contributed by atoms with Crippen molar-refractivity contribution in [2.45, 2.75) is 38.0 Å². The van der Waals surface area contributed by atoms with E-state index in [4.69, 9.17) is 0 Å². The highest BCUT2D eigenvalue weighted by molar-refractivity contribution is 7.13. The van der Waals surface area contributed by atoms with Crippen molar-refractivity contribution in [1.82, 2.24) is 10.2 Å². The Morgan fingerprint density at radius 3 is 2.62 bits per heavy atom. The van der Waals surface area contributed by atoms with Gasteiger partial charge in [-0.2, -0.15) is 13.2 Å². The molecule has 7 heteroatoms. The van der Waals surface area contributed by atoms with Gasteiger partial charge in [-0.05, 0) is 42.0 Å². The van der Waals surface area contributed by atoms with Gasteiger partial charge in [-0.25, -0.2) is 0 Å². The number of thiophene rings is 1. The van der Waals surface area contributed by atoms with Crippen molar-refractivity contribution in [1.29, 1.82) is 0 Å². The molecular formula is C19H21F3N2OS. The molecular weight excluding hydrogens is 361 g/mol. The average molecular weight is 382 g/mol. The summed E-state index contributed by atoms with van der Waals surface area (Å²) in [5, 5.41) is 4.06. The van der Waals surface area contributed by atoms with Crippen LogP contribution in [0.2, 0.25) is 0 Å². The molecule has 1 aromatic heterocycles. The molecule has 1 fully saturated rings. The molecule has 1 aliphatic heterocycles. The second-order valence-corrected chi connectivity index (χ2v) is 7.44. The maximum atomic E-state index is 12.4. The quantitative estimate of drug-likeness (QED) is 0.829. The van der Waals surface area contributed by atoms with E-state index in [9.17, 15) is 18.0 Å². The first-order valence-corrected chi connectivity index (χ1v) is 9.52. The summed E-state index contributed by atoms with van der Waals surface area (Å²) in [4.78, 5) is 15.4. The van der Waals surface area contributed by atoms with Crippen molar-refractivity contribution in [2.75, 3.05) is 13.1 Å². The number of carbonyl (C=O) groups is 1. The number of hydrogen-bond acceptors (Lipinski definition) is 3. The van der Waals surface area contributed by atoms with Crippen molar-refractivity contribution in [3.63, 3.8) is 0 Å². The Kier molecular flexibility index (Phi) is 5.98. The summed E-state index contributed by atoms with van der Waals surface area (Å²) >= 11 is 1.67. The summed E-state index contributed by atoms with van der Waals surface area (Å²) in [7, 11) is 0. The van der Waals surface area contributed by atoms with Gasteiger partial charge >= 0.3 is 6.18 Å². The van der Waals surface area contributed by atoms with Crippen molar-refractivity contribution < 1.29 is 18.0 Å². The van der Waals surface area contributed by atoms with Gasteiger partial charge in [0.2, 0.25) is 5.91 Å². The summed E-state index contributed by atoms with van der Waals surface area (Å²) in [6.45, 7) is 0.0112. The smallest absolute Gasteiger partial charge is 0.346 e. The molecule has 0 spiro atoms. The predicted molar refractivity (Wildman–Crippen MR) is 96.9 cm³/mol. The van der Waals surface area contributed by atoms with Gasteiger partial charge in [0.15, 0.2) is 0 Å². The van der Waals surface area contributed by atoms with Crippen molar-refractivity contribution in [2.24, 2.45) is 0 Å². The highest BCUT2D eigenvalue weighted by Gasteiger charge is 2.32. The van der Waals surface area contributed by atoms with E-state index in [2.05, 4.69) is 6.07 Å². The second kappa shape index (κ2) is 8.22. The predicted octanol–water partition coefficient (Wildman–Crippen LogP) is 4.45. The minimum absolute atomic E-state index is 0.497. The van der Waals surface area contributed by atoms with Gasteiger partial charge in [-0.15, -0.1) is 11.3 Å². The molecule has 1 N–H and O–H groups in total. The molecule has 0 radical (unpaired) electrons. The molecule has 1 atom stereocenters. The topological polar surface area (TPSA) is 32.3 Å². The molecule has 1 amide bonds. The Balaban J connectivity index is 1.63. The van der Waals surface area contributed by atoms with Crippen molar-refractivity contribution >= 4 is 17.2 Å². The molecule has 0 bridgehead atoms. The van der Waals surface area contributed by atoms with E-state index < -0.39 is 24.7 Å². The molecule has 140 valence electrons. The number of amides is 1. The molecule has 2 heterocycles. The van der Waals surface area contributed by atoms with Crippen LogP contribution in [0.25, 0.3) is 10.4 Å². The first kappa shape index (κ1) is 18.9. The van der Waals surface area contributed by atoms with Crippen LogP contribution in [0.4, 0.5) is 13.2 Å². The third-order valence-corrected chi connectivity index (χ3v) is 5.44. The average Bonchev–Trinajstić information content (AvgIpc) is 3.15. The van der Waals surface area contributed by atoms with Crippen molar-refractivity contribution in [3.8, 4) is 10.4 Å². The number of alkyl halides is 3. The lowest BCUT2D eigenvalue weighted by Gasteiger charge is -2.34. The van der Waals surface area contributed by atoms with E-state index in [1.165, 1.54) is 4.88 Å². The maximum absolute atomic E-state index is 12.4. The number of carbonyl (C=O) groups excluding carboxylic acids is 1. The maximum Gasteiger partial charge on any atom is 0.405 e. The minimum atomic E-state index is -4.38. The molecule has 1 aliphatic rings. The third kappa shape index (κ3) is 5.08. The monoisotopic (exact) mass is 382 g/mol. The van der Waals surface area contributed by atoms with Crippen molar-refractivity contribution in [3.05, 3.63) is 47.3 Å². The first-order valence-electron chi connectivity index (χ1n) is 8.64. The van der Waals surface area contributed by atoms with Gasteiger partial charge in [0.25, 0.3) is 0 Å². The fourth-order valence-electron chi connectivity index (χ4n) is 3.23. The number of piperidine rings is 1. The fraction of sp³-hybridized carbons (Fsp3) is 0.421. The number of nitrogens with one attached hydrogen (secondary N) is 1. The van der Waals surface area contributed by atoms with E-state index in [0.29, 0.717) is 13.0 Å². The van der Waals surface area contributed by atoms with Gasteiger partial charge in [0.05, 0.1) is 6.04 Å². The number of nitrogens with zero attached hydrogens (tertiary/aromatic N) is 1. The van der Waals surface area contributed by atoms with Crippen LogP contribution in [-0.4, -0.2) is 36.1 Å². The zero-order valence-corrected chi connectivity index (χ0v) is 15.1. The molecule has 26 heavy (non-hydrogen) atoms. The normalized spacial score (nSPS) is 18.7. The van der Waals surface area contributed by atoms with E-state index in [1.807, 2.05) is 45.9 Å². The SMILES string of the molecule is O=C(NCC(F)(F)F)C1CCCCN1Cc1ccc(-c2cccs2)cc1. The minimum Gasteiger partial charge on any atom is -0.346 e. The number of halogens is 3. The largest absolute Gasteiger partial charge is 0.405 e. The standard InChI is InChI=1S/C19H21F3N2OS/c20-19(21,22)13-23-18(25)16-4-1-2-10-24(16)12-14-6-8-15(9-7-14)17-5-3-11-26-17/h3,5-9,11,16H,1-2,4,10,12-13H2,(H,23,25). The number of hydrogen-bond donors (Lipinski definition) is 1. The van der Waals surface area contributed by atoms with Gasteiger partial charge in [0.1, 0.15) is 6.54 Å². The molecule has 0 saturated carbocycles. The lowest BCUT2D eigenvalue weighted by atomic mass is 10.00. The molecule has 1 saturated heterocycles. The van der Waals surface area contributed by atoms with Gasteiger partial charge in [-0.1, -0.05) is 36.8 Å². The van der Waals surface area contributed by atoms with Crippen LogP contribution in [-0.2, 0) is 11.3 Å². The Morgan fingerprint density at radius 2 is 1.96 bits per heavy atom. The van der Waals surface area contributed by atoms with Crippen LogP contribution >= 0.6 is 11.3 Å².